The van der Waals surface area contributed by atoms with Gasteiger partial charge < -0.3 is 9.15 Å². The second-order valence-electron chi connectivity index (χ2n) is 6.56. The molecule has 10 heteroatoms. The van der Waals surface area contributed by atoms with Gasteiger partial charge in [-0.05, 0) is 55.5 Å². The van der Waals surface area contributed by atoms with Gasteiger partial charge in [-0.1, -0.05) is 11.8 Å². The Balaban J connectivity index is 1.59. The highest BCUT2D eigenvalue weighted by atomic mass is 32.2. The molecule has 0 aliphatic carbocycles. The van der Waals surface area contributed by atoms with Crippen molar-refractivity contribution in [1.29, 1.82) is 0 Å². The molecule has 4 rings (SSSR count). The van der Waals surface area contributed by atoms with Gasteiger partial charge in [0.1, 0.15) is 5.75 Å². The van der Waals surface area contributed by atoms with Crippen LogP contribution >= 0.6 is 11.8 Å². The number of ether oxygens (including phenoxy) is 1. The van der Waals surface area contributed by atoms with E-state index in [2.05, 4.69) is 10.2 Å². The SMILES string of the molecule is CCOc1ccc(-n2c(SCC(=O)c3ccc([N+](=O)[O-])cc3)nnc2-c2ccco2)cc1. The standard InChI is InChI=1S/C22H18N4O5S/c1-2-30-18-11-9-16(10-12-18)25-21(20-4-3-13-31-20)23-24-22(25)32-14-19(27)15-5-7-17(8-6-15)26(28)29/h3-13H,2,14H2,1H3. The van der Waals surface area contributed by atoms with Gasteiger partial charge in [-0.3, -0.25) is 19.5 Å². The van der Waals surface area contributed by atoms with Gasteiger partial charge in [0, 0.05) is 17.7 Å². The zero-order valence-electron chi connectivity index (χ0n) is 17.0. The Kier molecular flexibility index (Phi) is 6.31. The number of nitro groups is 1. The molecule has 2 aromatic heterocycles. The molecule has 0 N–H and O–H groups in total. The maximum Gasteiger partial charge on any atom is 0.269 e. The highest BCUT2D eigenvalue weighted by Crippen LogP contribution is 2.29. The summed E-state index contributed by atoms with van der Waals surface area (Å²) < 4.78 is 12.8. The summed E-state index contributed by atoms with van der Waals surface area (Å²) in [6, 6.07) is 16.5. The minimum Gasteiger partial charge on any atom is -0.494 e. The number of furan rings is 1. The fourth-order valence-corrected chi connectivity index (χ4v) is 3.85. The summed E-state index contributed by atoms with van der Waals surface area (Å²) in [6.45, 7) is 2.48. The number of aromatic nitrogens is 3. The third-order valence-electron chi connectivity index (χ3n) is 4.51. The number of thioether (sulfide) groups is 1. The van der Waals surface area contributed by atoms with Gasteiger partial charge in [0.2, 0.25) is 5.82 Å². The Labute approximate surface area is 187 Å². The van der Waals surface area contributed by atoms with Gasteiger partial charge in [-0.25, -0.2) is 0 Å². The largest absolute Gasteiger partial charge is 0.494 e. The topological polar surface area (TPSA) is 113 Å². The van der Waals surface area contributed by atoms with Crippen molar-refractivity contribution in [2.45, 2.75) is 12.1 Å². The van der Waals surface area contributed by atoms with E-state index in [-0.39, 0.29) is 17.2 Å². The summed E-state index contributed by atoms with van der Waals surface area (Å²) in [6.07, 6.45) is 1.55. The van der Waals surface area contributed by atoms with Gasteiger partial charge in [0.25, 0.3) is 5.69 Å². The average Bonchev–Trinajstić information content (AvgIpc) is 3.48. The van der Waals surface area contributed by atoms with Gasteiger partial charge >= 0.3 is 0 Å². The number of rotatable bonds is 9. The summed E-state index contributed by atoms with van der Waals surface area (Å²) >= 11 is 1.22. The lowest BCUT2D eigenvalue weighted by Crippen LogP contribution is -2.05. The van der Waals surface area contributed by atoms with Crippen molar-refractivity contribution >= 4 is 23.2 Å². The average molecular weight is 450 g/mol. The van der Waals surface area contributed by atoms with Crippen LogP contribution < -0.4 is 4.74 Å². The Morgan fingerprint density at radius 1 is 1.12 bits per heavy atom. The number of nitrogens with zero attached hydrogens (tertiary/aromatic N) is 4. The minimum absolute atomic E-state index is 0.0625. The van der Waals surface area contributed by atoms with Gasteiger partial charge in [0.05, 0.1) is 29.2 Å². The number of hydrogen-bond donors (Lipinski definition) is 0. The lowest BCUT2D eigenvalue weighted by Gasteiger charge is -2.10. The molecule has 4 aromatic rings. The first-order chi connectivity index (χ1) is 15.6. The van der Waals surface area contributed by atoms with E-state index in [0.29, 0.717) is 28.9 Å². The lowest BCUT2D eigenvalue weighted by atomic mass is 10.1. The van der Waals surface area contributed by atoms with E-state index in [1.165, 1.54) is 36.0 Å². The summed E-state index contributed by atoms with van der Waals surface area (Å²) in [5, 5.41) is 19.8. The molecule has 9 nitrogen and oxygen atoms in total. The molecule has 0 saturated carbocycles. The number of carbonyl (C=O) groups is 1. The van der Waals surface area contributed by atoms with Crippen LogP contribution in [-0.4, -0.2) is 37.8 Å². The number of non-ortho nitro benzene ring substituents is 1. The Morgan fingerprint density at radius 2 is 1.88 bits per heavy atom. The number of benzene rings is 2. The predicted molar refractivity (Wildman–Crippen MR) is 118 cm³/mol. The second-order valence-corrected chi connectivity index (χ2v) is 7.50. The fraction of sp³-hybridized carbons (Fsp3) is 0.136. The molecule has 2 heterocycles. The van der Waals surface area contributed by atoms with Crippen molar-refractivity contribution in [2.24, 2.45) is 0 Å². The lowest BCUT2D eigenvalue weighted by molar-refractivity contribution is -0.384. The van der Waals surface area contributed by atoms with E-state index in [9.17, 15) is 14.9 Å². The molecule has 0 atom stereocenters. The molecule has 0 radical (unpaired) electrons. The highest BCUT2D eigenvalue weighted by Gasteiger charge is 2.19. The molecule has 162 valence electrons. The smallest absolute Gasteiger partial charge is 0.269 e. The molecule has 0 aliphatic heterocycles. The zero-order chi connectivity index (χ0) is 22.5. The van der Waals surface area contributed by atoms with E-state index in [4.69, 9.17) is 9.15 Å². The summed E-state index contributed by atoms with van der Waals surface area (Å²) in [5.74, 6) is 1.70. The van der Waals surface area contributed by atoms with Gasteiger partial charge in [-0.2, -0.15) is 0 Å². The van der Waals surface area contributed by atoms with Gasteiger partial charge in [0.15, 0.2) is 16.7 Å². The number of carbonyl (C=O) groups excluding carboxylic acids is 1. The Morgan fingerprint density at radius 3 is 2.50 bits per heavy atom. The van der Waals surface area contributed by atoms with Crippen molar-refractivity contribution in [3.05, 3.63) is 82.6 Å². The van der Waals surface area contributed by atoms with Crippen molar-refractivity contribution in [3.63, 3.8) is 0 Å². The Bertz CT molecular complexity index is 1220. The van der Waals surface area contributed by atoms with Crippen LogP contribution in [-0.2, 0) is 0 Å². The van der Waals surface area contributed by atoms with Crippen LogP contribution in [0.3, 0.4) is 0 Å². The van der Waals surface area contributed by atoms with Crippen LogP contribution in [0.1, 0.15) is 17.3 Å². The van der Waals surface area contributed by atoms with Crippen molar-refractivity contribution < 1.29 is 18.9 Å². The van der Waals surface area contributed by atoms with Crippen molar-refractivity contribution in [1.82, 2.24) is 14.8 Å². The minimum atomic E-state index is -0.502. The third-order valence-corrected chi connectivity index (χ3v) is 5.44. The first-order valence-electron chi connectivity index (χ1n) is 9.70. The number of Topliss-reactive ketones (excluding diaryl/α,β-unsaturated/α-hetero) is 1. The summed E-state index contributed by atoms with van der Waals surface area (Å²) in [5.41, 5.74) is 1.11. The van der Waals surface area contributed by atoms with Crippen LogP contribution in [0.25, 0.3) is 17.3 Å². The molecule has 0 unspecified atom stereocenters. The third kappa shape index (κ3) is 4.54. The molecule has 0 bridgehead atoms. The number of hydrogen-bond acceptors (Lipinski definition) is 8. The van der Waals surface area contributed by atoms with Crippen LogP contribution in [0.5, 0.6) is 5.75 Å². The molecular weight excluding hydrogens is 432 g/mol. The van der Waals surface area contributed by atoms with E-state index >= 15 is 0 Å². The van der Waals surface area contributed by atoms with Crippen LogP contribution in [0.15, 0.2) is 76.5 Å². The highest BCUT2D eigenvalue weighted by molar-refractivity contribution is 7.99. The summed E-state index contributed by atoms with van der Waals surface area (Å²) in [7, 11) is 0. The molecule has 0 saturated heterocycles. The normalized spacial score (nSPS) is 10.8. The maximum atomic E-state index is 12.6. The molecule has 0 spiro atoms. The van der Waals surface area contributed by atoms with E-state index < -0.39 is 4.92 Å². The monoisotopic (exact) mass is 450 g/mol. The van der Waals surface area contributed by atoms with E-state index in [1.54, 1.807) is 18.4 Å². The van der Waals surface area contributed by atoms with E-state index in [0.717, 1.165) is 11.4 Å². The Hall–Kier alpha value is -3.92. The van der Waals surface area contributed by atoms with Crippen LogP contribution in [0.4, 0.5) is 5.69 Å². The van der Waals surface area contributed by atoms with Crippen LogP contribution in [0, 0.1) is 10.1 Å². The molecular formula is C22H18N4O5S. The first kappa shape index (κ1) is 21.3. The van der Waals surface area contributed by atoms with Gasteiger partial charge in [-0.15, -0.1) is 10.2 Å². The quantitative estimate of drug-likeness (QED) is 0.154. The fourth-order valence-electron chi connectivity index (χ4n) is 3.00. The van der Waals surface area contributed by atoms with E-state index in [1.807, 2.05) is 35.8 Å². The molecule has 0 amide bonds. The molecule has 0 fully saturated rings. The molecule has 32 heavy (non-hydrogen) atoms. The molecule has 0 aliphatic rings. The van der Waals surface area contributed by atoms with Crippen molar-refractivity contribution in [3.8, 4) is 23.0 Å². The molecule has 2 aromatic carbocycles. The first-order valence-corrected chi connectivity index (χ1v) is 10.7. The van der Waals surface area contributed by atoms with Crippen molar-refractivity contribution in [2.75, 3.05) is 12.4 Å². The number of nitro benzene ring substituents is 1. The zero-order valence-corrected chi connectivity index (χ0v) is 17.8. The maximum absolute atomic E-state index is 12.6. The predicted octanol–water partition coefficient (Wildman–Crippen LogP) is 4.81. The van der Waals surface area contributed by atoms with Crippen LogP contribution in [0.2, 0.25) is 0 Å². The number of ketones is 1. The second kappa shape index (κ2) is 9.48. The summed E-state index contributed by atoms with van der Waals surface area (Å²) in [4.78, 5) is 22.9.